The SMILES string of the molecule is CCCC(N)C(=O)N(C)Cc1ccc(C(=O)NC)cc1. The summed E-state index contributed by atoms with van der Waals surface area (Å²) in [7, 11) is 3.34. The fraction of sp³-hybridized carbons (Fsp3) is 0.467. The Hall–Kier alpha value is -1.88. The quantitative estimate of drug-likeness (QED) is 0.818. The average Bonchev–Trinajstić information content (AvgIpc) is 2.46. The molecule has 0 aliphatic rings. The molecule has 1 aromatic rings. The Bertz CT molecular complexity index is 457. The van der Waals surface area contributed by atoms with Crippen molar-refractivity contribution in [2.75, 3.05) is 14.1 Å². The summed E-state index contributed by atoms with van der Waals surface area (Å²) in [5, 5.41) is 2.57. The van der Waals surface area contributed by atoms with Crippen molar-refractivity contribution in [2.24, 2.45) is 5.73 Å². The fourth-order valence-corrected chi connectivity index (χ4v) is 1.98. The van der Waals surface area contributed by atoms with E-state index in [0.29, 0.717) is 18.5 Å². The maximum absolute atomic E-state index is 12.0. The molecule has 0 aliphatic carbocycles. The first-order valence-corrected chi connectivity index (χ1v) is 6.81. The molecule has 0 heterocycles. The number of nitrogens with zero attached hydrogens (tertiary/aromatic N) is 1. The van der Waals surface area contributed by atoms with E-state index in [1.165, 1.54) is 0 Å². The third-order valence-electron chi connectivity index (χ3n) is 3.16. The minimum absolute atomic E-state index is 0.0535. The summed E-state index contributed by atoms with van der Waals surface area (Å²) in [5.41, 5.74) is 7.39. The van der Waals surface area contributed by atoms with Crippen LogP contribution in [0.15, 0.2) is 24.3 Å². The van der Waals surface area contributed by atoms with Crippen molar-refractivity contribution in [1.29, 1.82) is 0 Å². The van der Waals surface area contributed by atoms with E-state index in [1.807, 2.05) is 19.1 Å². The van der Waals surface area contributed by atoms with Crippen LogP contribution in [0.25, 0.3) is 0 Å². The highest BCUT2D eigenvalue weighted by atomic mass is 16.2. The summed E-state index contributed by atoms with van der Waals surface area (Å²) in [6.45, 7) is 2.49. The van der Waals surface area contributed by atoms with Gasteiger partial charge in [-0.15, -0.1) is 0 Å². The van der Waals surface area contributed by atoms with Gasteiger partial charge in [-0.2, -0.15) is 0 Å². The van der Waals surface area contributed by atoms with E-state index >= 15 is 0 Å². The van der Waals surface area contributed by atoms with Crippen LogP contribution < -0.4 is 11.1 Å². The van der Waals surface area contributed by atoms with Gasteiger partial charge >= 0.3 is 0 Å². The zero-order valence-corrected chi connectivity index (χ0v) is 12.3. The molecule has 1 atom stereocenters. The van der Waals surface area contributed by atoms with Crippen LogP contribution in [0.1, 0.15) is 35.7 Å². The van der Waals surface area contributed by atoms with Gasteiger partial charge in [0.05, 0.1) is 6.04 Å². The maximum atomic E-state index is 12.0. The van der Waals surface area contributed by atoms with Crippen molar-refractivity contribution in [3.63, 3.8) is 0 Å². The molecule has 2 amide bonds. The number of nitrogens with one attached hydrogen (secondary N) is 1. The van der Waals surface area contributed by atoms with Crippen LogP contribution >= 0.6 is 0 Å². The number of benzene rings is 1. The molecule has 1 unspecified atom stereocenters. The highest BCUT2D eigenvalue weighted by molar-refractivity contribution is 5.93. The van der Waals surface area contributed by atoms with Gasteiger partial charge in [-0.25, -0.2) is 0 Å². The van der Waals surface area contributed by atoms with Gasteiger partial charge in [0, 0.05) is 26.2 Å². The van der Waals surface area contributed by atoms with Crippen molar-refractivity contribution < 1.29 is 9.59 Å². The van der Waals surface area contributed by atoms with Crippen LogP contribution in [0.2, 0.25) is 0 Å². The van der Waals surface area contributed by atoms with Gasteiger partial charge in [0.1, 0.15) is 0 Å². The number of hydrogen-bond acceptors (Lipinski definition) is 3. The van der Waals surface area contributed by atoms with E-state index < -0.39 is 6.04 Å². The van der Waals surface area contributed by atoms with Crippen LogP contribution in [0.4, 0.5) is 0 Å². The number of amides is 2. The predicted molar refractivity (Wildman–Crippen MR) is 79.2 cm³/mol. The first-order chi connectivity index (χ1) is 9.49. The van der Waals surface area contributed by atoms with Crippen LogP contribution in [0.3, 0.4) is 0 Å². The lowest BCUT2D eigenvalue weighted by atomic mass is 10.1. The monoisotopic (exact) mass is 277 g/mol. The zero-order valence-electron chi connectivity index (χ0n) is 12.3. The second kappa shape index (κ2) is 7.65. The number of hydrogen-bond donors (Lipinski definition) is 2. The van der Waals surface area contributed by atoms with E-state index in [0.717, 1.165) is 12.0 Å². The van der Waals surface area contributed by atoms with E-state index in [9.17, 15) is 9.59 Å². The first kappa shape index (κ1) is 16.2. The van der Waals surface area contributed by atoms with Gasteiger partial charge in [0.2, 0.25) is 5.91 Å². The lowest BCUT2D eigenvalue weighted by molar-refractivity contribution is -0.132. The molecule has 0 radical (unpaired) electrons. The molecular weight excluding hydrogens is 254 g/mol. The number of rotatable bonds is 6. The second-order valence-electron chi connectivity index (χ2n) is 4.87. The summed E-state index contributed by atoms with van der Waals surface area (Å²) in [6.07, 6.45) is 1.58. The molecule has 1 aromatic carbocycles. The van der Waals surface area contributed by atoms with Gasteiger partial charge in [-0.05, 0) is 24.1 Å². The smallest absolute Gasteiger partial charge is 0.251 e. The Morgan fingerprint density at radius 1 is 1.30 bits per heavy atom. The van der Waals surface area contributed by atoms with Crippen molar-refractivity contribution in [1.82, 2.24) is 10.2 Å². The van der Waals surface area contributed by atoms with E-state index in [4.69, 9.17) is 5.73 Å². The summed E-state index contributed by atoms with van der Waals surface area (Å²) in [6, 6.07) is 6.76. The van der Waals surface area contributed by atoms with Crippen LogP contribution in [-0.2, 0) is 11.3 Å². The molecule has 0 aromatic heterocycles. The fourth-order valence-electron chi connectivity index (χ4n) is 1.98. The molecule has 0 fully saturated rings. The molecule has 5 nitrogen and oxygen atoms in total. The van der Waals surface area contributed by atoms with Crippen molar-refractivity contribution in [3.8, 4) is 0 Å². The molecule has 0 bridgehead atoms. The standard InChI is InChI=1S/C15H23N3O2/c1-4-5-13(16)15(20)18(3)10-11-6-8-12(9-7-11)14(19)17-2/h6-9,13H,4-5,10,16H2,1-3H3,(H,17,19). The molecular formula is C15H23N3O2. The molecule has 5 heteroatoms. The topological polar surface area (TPSA) is 75.4 Å². The van der Waals surface area contributed by atoms with Gasteiger partial charge in [-0.3, -0.25) is 9.59 Å². The third kappa shape index (κ3) is 4.35. The molecule has 0 spiro atoms. The highest BCUT2D eigenvalue weighted by Gasteiger charge is 2.17. The number of carbonyl (C=O) groups excluding carboxylic acids is 2. The van der Waals surface area contributed by atoms with Crippen molar-refractivity contribution in [2.45, 2.75) is 32.4 Å². The largest absolute Gasteiger partial charge is 0.355 e. The summed E-state index contributed by atoms with van der Waals surface area (Å²) < 4.78 is 0. The van der Waals surface area contributed by atoms with Gasteiger partial charge in [-0.1, -0.05) is 25.5 Å². The average molecular weight is 277 g/mol. The second-order valence-corrected chi connectivity index (χ2v) is 4.87. The van der Waals surface area contributed by atoms with Crippen LogP contribution in [0, 0.1) is 0 Å². The molecule has 110 valence electrons. The lowest BCUT2D eigenvalue weighted by Gasteiger charge is -2.21. The number of likely N-dealkylation sites (N-methyl/N-ethyl adjacent to an activating group) is 1. The normalized spacial score (nSPS) is 11.8. The molecule has 0 aliphatic heterocycles. The molecule has 1 rings (SSSR count). The Kier molecular flexibility index (Phi) is 6.18. The maximum Gasteiger partial charge on any atom is 0.251 e. The molecule has 0 saturated carbocycles. The lowest BCUT2D eigenvalue weighted by Crippen LogP contribution is -2.41. The number of nitrogens with two attached hydrogens (primary N) is 1. The van der Waals surface area contributed by atoms with E-state index in [-0.39, 0.29) is 11.8 Å². The minimum Gasteiger partial charge on any atom is -0.355 e. The Morgan fingerprint density at radius 3 is 2.40 bits per heavy atom. The van der Waals surface area contributed by atoms with E-state index in [2.05, 4.69) is 5.32 Å². The van der Waals surface area contributed by atoms with Crippen molar-refractivity contribution >= 4 is 11.8 Å². The first-order valence-electron chi connectivity index (χ1n) is 6.81. The van der Waals surface area contributed by atoms with Crippen molar-refractivity contribution in [3.05, 3.63) is 35.4 Å². The molecule has 20 heavy (non-hydrogen) atoms. The number of carbonyl (C=O) groups is 2. The Labute approximate surface area is 120 Å². The van der Waals surface area contributed by atoms with E-state index in [1.54, 1.807) is 31.1 Å². The van der Waals surface area contributed by atoms with Crippen LogP contribution in [-0.4, -0.2) is 36.9 Å². The molecule has 3 N–H and O–H groups in total. The highest BCUT2D eigenvalue weighted by Crippen LogP contribution is 2.08. The van der Waals surface area contributed by atoms with Gasteiger partial charge < -0.3 is 16.0 Å². The summed E-state index contributed by atoms with van der Waals surface area (Å²) >= 11 is 0. The summed E-state index contributed by atoms with van der Waals surface area (Å²) in [4.78, 5) is 25.0. The molecule has 0 saturated heterocycles. The minimum atomic E-state index is -0.435. The Morgan fingerprint density at radius 2 is 1.90 bits per heavy atom. The van der Waals surface area contributed by atoms with Gasteiger partial charge in [0.15, 0.2) is 0 Å². The predicted octanol–water partition coefficient (Wildman–Crippen LogP) is 1.13. The third-order valence-corrected chi connectivity index (χ3v) is 3.16. The van der Waals surface area contributed by atoms with Gasteiger partial charge in [0.25, 0.3) is 5.91 Å². The zero-order chi connectivity index (χ0) is 15.1. The van der Waals surface area contributed by atoms with Crippen LogP contribution in [0.5, 0.6) is 0 Å². The summed E-state index contributed by atoms with van der Waals surface area (Å²) in [5.74, 6) is -0.173. The Balaban J connectivity index is 2.64.